The van der Waals surface area contributed by atoms with Crippen LogP contribution >= 0.6 is 0 Å². The quantitative estimate of drug-likeness (QED) is 0.723. The maximum absolute atomic E-state index is 3.93. The highest BCUT2D eigenvalue weighted by Crippen LogP contribution is 1.88. The smallest absolute Gasteiger partial charge is 0.0518 e. The van der Waals surface area contributed by atoms with Crippen molar-refractivity contribution in [3.63, 3.8) is 0 Å². The molecule has 2 heterocycles. The average molecular weight is 208 g/mol. The number of hydrogen-bond donors (Lipinski definition) is 1. The molecule has 0 unspecified atom stereocenters. The van der Waals surface area contributed by atoms with Gasteiger partial charge >= 0.3 is 0 Å². The van der Waals surface area contributed by atoms with Crippen LogP contribution in [0.1, 0.15) is 25.0 Å². The number of nitrogens with one attached hydrogen (secondary N) is 1. The second-order valence-electron chi connectivity index (χ2n) is 2.97. The molecule has 2 rings (SSSR count). The number of aromatic nitrogens is 4. The predicted octanol–water partition coefficient (Wildman–Crippen LogP) is 2.47. The van der Waals surface area contributed by atoms with E-state index in [1.807, 2.05) is 53.3 Å². The maximum Gasteiger partial charge on any atom is 0.0518 e. The Morgan fingerprint density at radius 2 is 1.80 bits per heavy atom. The summed E-state index contributed by atoms with van der Waals surface area (Å²) in [4.78, 5) is 0. The average Bonchev–Trinajstić information content (AvgIpc) is 2.82. The molecule has 0 aliphatic carbocycles. The first-order valence-electron chi connectivity index (χ1n) is 5.09. The summed E-state index contributed by atoms with van der Waals surface area (Å²) in [5.41, 5.74) is 2.39. The lowest BCUT2D eigenvalue weighted by atomic mass is 10.4. The Balaban J connectivity index is 0.000000227. The first kappa shape index (κ1) is 13.4. The van der Waals surface area contributed by atoms with Gasteiger partial charge in [-0.1, -0.05) is 13.8 Å². The summed E-state index contributed by atoms with van der Waals surface area (Å²) in [6.07, 6.45) is 7.43. The van der Waals surface area contributed by atoms with Gasteiger partial charge < -0.3 is 0 Å². The van der Waals surface area contributed by atoms with Crippen LogP contribution < -0.4 is 0 Å². The minimum Gasteiger partial charge on any atom is -0.285 e. The zero-order chi connectivity index (χ0) is 11.7. The molecule has 4 nitrogen and oxygen atoms in total. The van der Waals surface area contributed by atoms with E-state index in [0.29, 0.717) is 0 Å². The Bertz CT molecular complexity index is 319. The SMILES string of the molecule is CC.Cc1cn[nH]c1.Cc1cnn(C)c1. The molecule has 0 amide bonds. The molecule has 2 aromatic rings. The Kier molecular flexibility index (Phi) is 6.97. The highest BCUT2D eigenvalue weighted by molar-refractivity contribution is 4.98. The summed E-state index contributed by atoms with van der Waals surface area (Å²) < 4.78 is 1.79. The van der Waals surface area contributed by atoms with Crippen molar-refractivity contribution in [2.24, 2.45) is 7.05 Å². The third kappa shape index (κ3) is 6.49. The summed E-state index contributed by atoms with van der Waals surface area (Å²) >= 11 is 0. The molecule has 0 aromatic carbocycles. The fourth-order valence-corrected chi connectivity index (χ4v) is 0.859. The molecule has 1 N–H and O–H groups in total. The van der Waals surface area contributed by atoms with E-state index < -0.39 is 0 Å². The van der Waals surface area contributed by atoms with Gasteiger partial charge in [0.25, 0.3) is 0 Å². The molecule has 2 aromatic heterocycles. The molecule has 84 valence electrons. The Labute approximate surface area is 91.3 Å². The lowest BCUT2D eigenvalue weighted by Gasteiger charge is -1.78. The van der Waals surface area contributed by atoms with Crippen LogP contribution in [0.15, 0.2) is 24.8 Å². The molecule has 0 saturated heterocycles. The topological polar surface area (TPSA) is 46.5 Å². The van der Waals surface area contributed by atoms with E-state index in [0.717, 1.165) is 0 Å². The summed E-state index contributed by atoms with van der Waals surface area (Å²) in [6, 6.07) is 0. The molecule has 0 atom stereocenters. The van der Waals surface area contributed by atoms with Gasteiger partial charge in [-0.05, 0) is 25.0 Å². The van der Waals surface area contributed by atoms with Gasteiger partial charge in [0.15, 0.2) is 0 Å². The molecule has 0 aliphatic rings. The fraction of sp³-hybridized carbons (Fsp3) is 0.455. The third-order valence-electron chi connectivity index (χ3n) is 1.47. The van der Waals surface area contributed by atoms with Crippen molar-refractivity contribution in [3.05, 3.63) is 35.9 Å². The Hall–Kier alpha value is -1.58. The van der Waals surface area contributed by atoms with Gasteiger partial charge in [-0.15, -0.1) is 0 Å². The van der Waals surface area contributed by atoms with Crippen LogP contribution in [-0.4, -0.2) is 20.0 Å². The predicted molar refractivity (Wildman–Crippen MR) is 62.6 cm³/mol. The molecule has 0 bridgehead atoms. The zero-order valence-corrected chi connectivity index (χ0v) is 10.2. The number of hydrogen-bond acceptors (Lipinski definition) is 2. The molecule has 0 aliphatic heterocycles. The van der Waals surface area contributed by atoms with Crippen LogP contribution in [0.25, 0.3) is 0 Å². The van der Waals surface area contributed by atoms with Crippen LogP contribution in [0.2, 0.25) is 0 Å². The van der Waals surface area contributed by atoms with Gasteiger partial charge in [-0.25, -0.2) is 0 Å². The first-order chi connectivity index (χ1) is 7.18. The first-order valence-corrected chi connectivity index (χ1v) is 5.09. The molecule has 0 radical (unpaired) electrons. The van der Waals surface area contributed by atoms with Gasteiger partial charge in [0.05, 0.1) is 12.4 Å². The minimum absolute atomic E-state index is 1.18. The minimum atomic E-state index is 1.18. The number of H-pyrrole nitrogens is 1. The van der Waals surface area contributed by atoms with Crippen LogP contribution in [0, 0.1) is 13.8 Å². The summed E-state index contributed by atoms with van der Waals surface area (Å²) in [5.74, 6) is 0. The van der Waals surface area contributed by atoms with Gasteiger partial charge in [0, 0.05) is 19.4 Å². The number of rotatable bonds is 0. The van der Waals surface area contributed by atoms with E-state index >= 15 is 0 Å². The summed E-state index contributed by atoms with van der Waals surface area (Å²) in [5, 5.41) is 10.3. The van der Waals surface area contributed by atoms with E-state index in [4.69, 9.17) is 0 Å². The standard InChI is InChI=1S/C5H8N2.C4H6N2.C2H6/c1-5-3-6-7(2)4-5;1-4-2-5-6-3-4;1-2/h3-4H,1-2H3;2-3H,1H3,(H,5,6);1-2H3. The van der Waals surface area contributed by atoms with E-state index in [2.05, 4.69) is 15.3 Å². The lowest BCUT2D eigenvalue weighted by molar-refractivity contribution is 0.767. The third-order valence-corrected chi connectivity index (χ3v) is 1.47. The lowest BCUT2D eigenvalue weighted by Crippen LogP contribution is -1.83. The second-order valence-corrected chi connectivity index (χ2v) is 2.97. The molecule has 0 saturated carbocycles. The van der Waals surface area contributed by atoms with Crippen molar-refractivity contribution in [1.82, 2.24) is 20.0 Å². The van der Waals surface area contributed by atoms with Crippen molar-refractivity contribution in [1.29, 1.82) is 0 Å². The van der Waals surface area contributed by atoms with E-state index in [9.17, 15) is 0 Å². The van der Waals surface area contributed by atoms with Crippen molar-refractivity contribution >= 4 is 0 Å². The van der Waals surface area contributed by atoms with Gasteiger partial charge in [0.2, 0.25) is 0 Å². The highest BCUT2D eigenvalue weighted by Gasteiger charge is 1.81. The number of nitrogens with zero attached hydrogens (tertiary/aromatic N) is 3. The second kappa shape index (κ2) is 7.79. The molecule has 0 fully saturated rings. The zero-order valence-electron chi connectivity index (χ0n) is 10.2. The number of aromatic amines is 1. The molecule has 0 spiro atoms. The Morgan fingerprint density at radius 3 is 1.93 bits per heavy atom. The van der Waals surface area contributed by atoms with E-state index in [1.165, 1.54) is 11.1 Å². The van der Waals surface area contributed by atoms with Crippen LogP contribution in [0.4, 0.5) is 0 Å². The van der Waals surface area contributed by atoms with Crippen LogP contribution in [0.5, 0.6) is 0 Å². The van der Waals surface area contributed by atoms with E-state index in [1.54, 1.807) is 10.9 Å². The normalized spacial score (nSPS) is 8.33. The van der Waals surface area contributed by atoms with Crippen molar-refractivity contribution in [2.75, 3.05) is 0 Å². The van der Waals surface area contributed by atoms with Crippen molar-refractivity contribution in [3.8, 4) is 0 Å². The van der Waals surface area contributed by atoms with E-state index in [-0.39, 0.29) is 0 Å². The molecular formula is C11H20N4. The Morgan fingerprint density at radius 1 is 1.13 bits per heavy atom. The van der Waals surface area contributed by atoms with Crippen molar-refractivity contribution < 1.29 is 0 Å². The summed E-state index contributed by atoms with van der Waals surface area (Å²) in [7, 11) is 1.91. The fourth-order valence-electron chi connectivity index (χ4n) is 0.859. The van der Waals surface area contributed by atoms with Gasteiger partial charge in [-0.3, -0.25) is 9.78 Å². The number of aryl methyl sites for hydroxylation is 3. The molecular weight excluding hydrogens is 188 g/mol. The maximum atomic E-state index is 3.93. The highest BCUT2D eigenvalue weighted by atomic mass is 15.2. The van der Waals surface area contributed by atoms with Gasteiger partial charge in [0.1, 0.15) is 0 Å². The largest absolute Gasteiger partial charge is 0.285 e. The monoisotopic (exact) mass is 208 g/mol. The van der Waals surface area contributed by atoms with Gasteiger partial charge in [-0.2, -0.15) is 10.2 Å². The van der Waals surface area contributed by atoms with Crippen LogP contribution in [0.3, 0.4) is 0 Å². The summed E-state index contributed by atoms with van der Waals surface area (Å²) in [6.45, 7) is 8.01. The van der Waals surface area contributed by atoms with Crippen LogP contribution in [-0.2, 0) is 7.05 Å². The van der Waals surface area contributed by atoms with Crippen molar-refractivity contribution in [2.45, 2.75) is 27.7 Å². The molecule has 4 heteroatoms. The molecule has 15 heavy (non-hydrogen) atoms.